The average molecular weight is 327 g/mol. The standard InChI is InChI=1S/C18H30OS2/c1-5-19-15(20)21-18-9-6-8-17(4,12-18)10-7-13-14(18)11-16(13,2)3/h13-14H,5-12H2,1-4H3. The molecule has 3 rings (SSSR count). The van der Waals surface area contributed by atoms with E-state index in [4.69, 9.17) is 17.0 Å². The molecule has 2 bridgehead atoms. The first-order valence-electron chi connectivity index (χ1n) is 8.66. The Bertz CT molecular complexity index is 433. The Labute approximate surface area is 140 Å². The molecule has 3 fully saturated rings. The average Bonchev–Trinajstić information content (AvgIpc) is 2.42. The number of ether oxygens (including phenoxy) is 1. The molecule has 4 unspecified atom stereocenters. The molecule has 0 heterocycles. The van der Waals surface area contributed by atoms with Crippen LogP contribution in [0.2, 0.25) is 0 Å². The first-order chi connectivity index (χ1) is 9.80. The zero-order valence-corrected chi connectivity index (χ0v) is 15.7. The van der Waals surface area contributed by atoms with Crippen LogP contribution < -0.4 is 0 Å². The van der Waals surface area contributed by atoms with Crippen molar-refractivity contribution in [2.45, 2.75) is 77.4 Å². The molecule has 3 aliphatic rings. The molecule has 4 atom stereocenters. The Hall–Kier alpha value is 0.240. The molecule has 0 aliphatic heterocycles. The smallest absolute Gasteiger partial charge is 0.220 e. The summed E-state index contributed by atoms with van der Waals surface area (Å²) >= 11 is 7.46. The maximum absolute atomic E-state index is 5.66. The summed E-state index contributed by atoms with van der Waals surface area (Å²) in [5.41, 5.74) is 1.08. The largest absolute Gasteiger partial charge is 0.479 e. The van der Waals surface area contributed by atoms with Crippen LogP contribution in [0.4, 0.5) is 0 Å². The number of thioether (sulfide) groups is 1. The van der Waals surface area contributed by atoms with Crippen LogP contribution in [0.3, 0.4) is 0 Å². The van der Waals surface area contributed by atoms with Crippen LogP contribution in [-0.2, 0) is 4.74 Å². The Morgan fingerprint density at radius 2 is 1.95 bits per heavy atom. The van der Waals surface area contributed by atoms with Gasteiger partial charge >= 0.3 is 0 Å². The van der Waals surface area contributed by atoms with Gasteiger partial charge in [-0.05, 0) is 80.3 Å². The summed E-state index contributed by atoms with van der Waals surface area (Å²) in [5.74, 6) is 1.76. The molecule has 0 aromatic rings. The molecule has 0 radical (unpaired) electrons. The lowest BCUT2D eigenvalue weighted by Crippen LogP contribution is -2.55. The van der Waals surface area contributed by atoms with Crippen molar-refractivity contribution in [1.82, 2.24) is 0 Å². The van der Waals surface area contributed by atoms with Crippen LogP contribution in [0.5, 0.6) is 0 Å². The number of rotatable bonds is 2. The molecule has 3 heteroatoms. The quantitative estimate of drug-likeness (QED) is 0.592. The van der Waals surface area contributed by atoms with Crippen LogP contribution in [-0.4, -0.2) is 15.7 Å². The van der Waals surface area contributed by atoms with E-state index in [1.807, 2.05) is 18.7 Å². The van der Waals surface area contributed by atoms with E-state index in [-0.39, 0.29) is 0 Å². The van der Waals surface area contributed by atoms with E-state index in [0.717, 1.165) is 16.2 Å². The van der Waals surface area contributed by atoms with Crippen molar-refractivity contribution in [2.24, 2.45) is 22.7 Å². The third-order valence-corrected chi connectivity index (χ3v) is 8.34. The second kappa shape index (κ2) is 5.40. The number of thiocarbonyl (C=S) groups is 1. The number of hydrogen-bond acceptors (Lipinski definition) is 3. The SMILES string of the molecule is CCOC(=S)SC12CCCC(C)(CCC3C1CC3(C)C)C2. The van der Waals surface area contributed by atoms with E-state index in [2.05, 4.69) is 20.8 Å². The summed E-state index contributed by atoms with van der Waals surface area (Å²) in [4.78, 5) is 0. The Balaban J connectivity index is 1.88. The van der Waals surface area contributed by atoms with Gasteiger partial charge in [0.1, 0.15) is 0 Å². The van der Waals surface area contributed by atoms with Gasteiger partial charge in [0, 0.05) is 4.75 Å². The van der Waals surface area contributed by atoms with Crippen molar-refractivity contribution in [3.63, 3.8) is 0 Å². The summed E-state index contributed by atoms with van der Waals surface area (Å²) in [6, 6.07) is 0. The minimum Gasteiger partial charge on any atom is -0.479 e. The molecule has 3 aliphatic carbocycles. The van der Waals surface area contributed by atoms with Crippen molar-refractivity contribution < 1.29 is 4.74 Å². The lowest BCUT2D eigenvalue weighted by atomic mass is 9.50. The third-order valence-electron chi connectivity index (χ3n) is 6.63. The molecule has 21 heavy (non-hydrogen) atoms. The highest BCUT2D eigenvalue weighted by atomic mass is 32.2. The van der Waals surface area contributed by atoms with Crippen molar-refractivity contribution in [3.05, 3.63) is 0 Å². The van der Waals surface area contributed by atoms with E-state index in [0.29, 0.717) is 22.2 Å². The highest BCUT2D eigenvalue weighted by Gasteiger charge is 2.61. The number of hydrogen-bond donors (Lipinski definition) is 0. The first kappa shape index (κ1) is 16.1. The van der Waals surface area contributed by atoms with Gasteiger partial charge in [-0.2, -0.15) is 0 Å². The predicted molar refractivity (Wildman–Crippen MR) is 95.7 cm³/mol. The lowest BCUT2D eigenvalue weighted by molar-refractivity contribution is -0.0377. The van der Waals surface area contributed by atoms with Crippen LogP contribution in [0, 0.1) is 22.7 Å². The fourth-order valence-electron chi connectivity index (χ4n) is 5.61. The predicted octanol–water partition coefficient (Wildman–Crippen LogP) is 5.82. The van der Waals surface area contributed by atoms with Crippen molar-refractivity contribution >= 4 is 28.4 Å². The summed E-state index contributed by atoms with van der Waals surface area (Å²) in [5, 5.41) is 0. The second-order valence-corrected chi connectivity index (χ2v) is 10.7. The maximum Gasteiger partial charge on any atom is 0.220 e. The fraction of sp³-hybridized carbons (Fsp3) is 0.944. The van der Waals surface area contributed by atoms with E-state index < -0.39 is 0 Å². The Morgan fingerprint density at radius 1 is 1.19 bits per heavy atom. The summed E-state index contributed by atoms with van der Waals surface area (Å²) in [6.07, 6.45) is 9.72. The van der Waals surface area contributed by atoms with Gasteiger partial charge in [-0.25, -0.2) is 0 Å². The molecule has 0 N–H and O–H groups in total. The highest BCUT2D eigenvalue weighted by molar-refractivity contribution is 8.23. The molecule has 3 saturated carbocycles. The van der Waals surface area contributed by atoms with Gasteiger partial charge in [-0.3, -0.25) is 0 Å². The molecule has 0 aromatic heterocycles. The molecule has 0 amide bonds. The molecule has 1 nitrogen and oxygen atoms in total. The summed E-state index contributed by atoms with van der Waals surface area (Å²) < 4.78 is 6.83. The van der Waals surface area contributed by atoms with Gasteiger partial charge in [0.15, 0.2) is 0 Å². The van der Waals surface area contributed by atoms with Gasteiger partial charge in [0.05, 0.1) is 6.61 Å². The van der Waals surface area contributed by atoms with E-state index in [1.165, 1.54) is 44.9 Å². The molecule has 120 valence electrons. The second-order valence-electron chi connectivity index (χ2n) is 8.64. The topological polar surface area (TPSA) is 9.23 Å². The molecule has 0 spiro atoms. The van der Waals surface area contributed by atoms with Gasteiger partial charge in [0.2, 0.25) is 4.38 Å². The minimum atomic E-state index is 0.371. The molecular formula is C18H30OS2. The number of fused-ring (bicyclic) bond motifs is 4. The van der Waals surface area contributed by atoms with E-state index >= 15 is 0 Å². The third kappa shape index (κ3) is 2.78. The van der Waals surface area contributed by atoms with Crippen LogP contribution in [0.1, 0.15) is 72.6 Å². The highest BCUT2D eigenvalue weighted by Crippen LogP contribution is 2.68. The minimum absolute atomic E-state index is 0.371. The van der Waals surface area contributed by atoms with Gasteiger partial charge < -0.3 is 4.74 Å². The zero-order chi connectivity index (χ0) is 15.3. The van der Waals surface area contributed by atoms with E-state index in [9.17, 15) is 0 Å². The molecule has 0 saturated heterocycles. The molecule has 0 aromatic carbocycles. The van der Waals surface area contributed by atoms with Crippen molar-refractivity contribution in [1.29, 1.82) is 0 Å². The van der Waals surface area contributed by atoms with Crippen molar-refractivity contribution in [3.8, 4) is 0 Å². The van der Waals surface area contributed by atoms with E-state index in [1.54, 1.807) is 0 Å². The van der Waals surface area contributed by atoms with Gasteiger partial charge in [-0.15, -0.1) is 0 Å². The zero-order valence-electron chi connectivity index (χ0n) is 14.0. The Kier molecular flexibility index (Phi) is 4.14. The van der Waals surface area contributed by atoms with Gasteiger partial charge in [-0.1, -0.05) is 39.0 Å². The summed E-state index contributed by atoms with van der Waals surface area (Å²) in [6.45, 7) is 10.2. The normalized spacial score (nSPS) is 44.2. The van der Waals surface area contributed by atoms with Crippen molar-refractivity contribution in [2.75, 3.05) is 6.61 Å². The lowest BCUT2D eigenvalue weighted by Gasteiger charge is -2.59. The maximum atomic E-state index is 5.66. The van der Waals surface area contributed by atoms with Crippen LogP contribution in [0.25, 0.3) is 0 Å². The molecular weight excluding hydrogens is 296 g/mol. The van der Waals surface area contributed by atoms with Gasteiger partial charge in [0.25, 0.3) is 0 Å². The summed E-state index contributed by atoms with van der Waals surface area (Å²) in [7, 11) is 0. The Morgan fingerprint density at radius 3 is 2.62 bits per heavy atom. The monoisotopic (exact) mass is 326 g/mol. The first-order valence-corrected chi connectivity index (χ1v) is 9.89. The van der Waals surface area contributed by atoms with Crippen LogP contribution >= 0.6 is 24.0 Å². The fourth-order valence-corrected chi connectivity index (χ4v) is 7.80. The van der Waals surface area contributed by atoms with Crippen LogP contribution in [0.15, 0.2) is 0 Å².